The van der Waals surface area contributed by atoms with Crippen molar-refractivity contribution < 1.29 is 4.39 Å². The molecule has 62 heavy (non-hydrogen) atoms. The van der Waals surface area contributed by atoms with Crippen LogP contribution in [0.25, 0.3) is 76.8 Å². The Morgan fingerprint density at radius 3 is 1.40 bits per heavy atom. The van der Waals surface area contributed by atoms with Crippen molar-refractivity contribution in [1.29, 1.82) is 0 Å². The highest BCUT2D eigenvalue weighted by molar-refractivity contribution is 6.23. The summed E-state index contributed by atoms with van der Waals surface area (Å²) >= 11 is 0. The lowest BCUT2D eigenvalue weighted by molar-refractivity contribution is 0.628. The van der Waals surface area contributed by atoms with E-state index < -0.39 is 0 Å². The highest BCUT2D eigenvalue weighted by Crippen LogP contribution is 2.54. The molecule has 0 saturated carbocycles. The van der Waals surface area contributed by atoms with Gasteiger partial charge in [0.1, 0.15) is 5.82 Å². The minimum Gasteiger partial charge on any atom is -0.310 e. The van der Waals surface area contributed by atoms with Crippen LogP contribution in [0.1, 0.15) is 49.9 Å². The lowest BCUT2D eigenvalue weighted by Gasteiger charge is -2.29. The van der Waals surface area contributed by atoms with Crippen molar-refractivity contribution in [2.24, 2.45) is 0 Å². The second-order valence-corrected chi connectivity index (χ2v) is 18.2. The smallest absolute Gasteiger partial charge is 0.123 e. The van der Waals surface area contributed by atoms with Gasteiger partial charge in [-0.15, -0.1) is 0 Å². The fraction of sp³-hybridized carbons (Fsp3) is 0.100. The molecule has 1 nitrogen and oxygen atoms in total. The molecule has 0 aromatic heterocycles. The Morgan fingerprint density at radius 1 is 0.339 bits per heavy atom. The van der Waals surface area contributed by atoms with Gasteiger partial charge in [0.15, 0.2) is 0 Å². The first-order valence-electron chi connectivity index (χ1n) is 21.7. The van der Waals surface area contributed by atoms with E-state index in [2.05, 4.69) is 202 Å². The summed E-state index contributed by atoms with van der Waals surface area (Å²) in [6.45, 7) is 9.36. The predicted molar refractivity (Wildman–Crippen MR) is 260 cm³/mol. The van der Waals surface area contributed by atoms with Crippen LogP contribution < -0.4 is 4.90 Å². The van der Waals surface area contributed by atoms with Crippen LogP contribution >= 0.6 is 0 Å². The molecule has 2 aliphatic rings. The number of hydrogen-bond acceptors (Lipinski definition) is 1. The zero-order chi connectivity index (χ0) is 41.9. The van der Waals surface area contributed by atoms with Gasteiger partial charge >= 0.3 is 0 Å². The summed E-state index contributed by atoms with van der Waals surface area (Å²) in [4.78, 5) is 2.29. The number of fused-ring (bicyclic) bond motifs is 9. The SMILES string of the molecule is CC1(C)c2ccccc2-c2ccc(N(c3ccc(F)cc3)c3ccc4c(c3)C(C)(C)c3cc(-c5c6ccccc6c(-c6cccc7ccccc67)c6ccccc56)ccc3-4)cc21. The zero-order valence-corrected chi connectivity index (χ0v) is 35.3. The van der Waals surface area contributed by atoms with Gasteiger partial charge in [0.2, 0.25) is 0 Å². The molecule has 296 valence electrons. The normalized spacial score (nSPS) is 14.1. The Kier molecular flexibility index (Phi) is 7.87. The third-order valence-electron chi connectivity index (χ3n) is 14.1. The average Bonchev–Trinajstić information content (AvgIpc) is 3.67. The Labute approximate surface area is 362 Å². The number of rotatable bonds is 5. The molecule has 0 fully saturated rings. The molecule has 0 radical (unpaired) electrons. The van der Waals surface area contributed by atoms with E-state index in [1.165, 1.54) is 99.1 Å². The van der Waals surface area contributed by atoms with Gasteiger partial charge in [-0.2, -0.15) is 0 Å². The predicted octanol–water partition coefficient (Wildman–Crippen LogP) is 16.7. The second kappa shape index (κ2) is 13.4. The van der Waals surface area contributed by atoms with Gasteiger partial charge in [0, 0.05) is 27.9 Å². The van der Waals surface area contributed by atoms with Crippen LogP contribution in [0.4, 0.5) is 21.5 Å². The monoisotopic (exact) mass is 797 g/mol. The fourth-order valence-corrected chi connectivity index (χ4v) is 11.1. The molecule has 0 N–H and O–H groups in total. The third kappa shape index (κ3) is 5.26. The van der Waals surface area contributed by atoms with Crippen molar-refractivity contribution in [2.75, 3.05) is 4.90 Å². The molecular formula is C60H44FN. The number of hydrogen-bond donors (Lipinski definition) is 0. The van der Waals surface area contributed by atoms with E-state index in [-0.39, 0.29) is 16.6 Å². The van der Waals surface area contributed by atoms with Gasteiger partial charge in [-0.25, -0.2) is 4.39 Å². The highest BCUT2D eigenvalue weighted by Gasteiger charge is 2.38. The van der Waals surface area contributed by atoms with Crippen molar-refractivity contribution in [3.63, 3.8) is 0 Å². The molecule has 0 spiro atoms. The fourth-order valence-electron chi connectivity index (χ4n) is 11.1. The lowest BCUT2D eigenvalue weighted by Crippen LogP contribution is -2.18. The first kappa shape index (κ1) is 36.6. The summed E-state index contributed by atoms with van der Waals surface area (Å²) in [5, 5.41) is 7.52. The number of nitrogens with zero attached hydrogens (tertiary/aromatic N) is 1. The van der Waals surface area contributed by atoms with E-state index in [0.717, 1.165) is 17.1 Å². The van der Waals surface area contributed by atoms with Crippen molar-refractivity contribution in [3.8, 4) is 44.5 Å². The zero-order valence-electron chi connectivity index (χ0n) is 35.3. The minimum atomic E-state index is -0.290. The third-order valence-corrected chi connectivity index (χ3v) is 14.1. The molecule has 10 aromatic carbocycles. The maximum Gasteiger partial charge on any atom is 0.123 e. The van der Waals surface area contributed by atoms with Gasteiger partial charge in [0.05, 0.1) is 0 Å². The van der Waals surface area contributed by atoms with E-state index in [1.807, 2.05) is 12.1 Å². The molecule has 0 saturated heterocycles. The molecule has 0 heterocycles. The van der Waals surface area contributed by atoms with Gasteiger partial charge in [0.25, 0.3) is 0 Å². The standard InChI is InChI=1S/C60H44FN/c1-59(2)53-23-12-11-17-44(53)46-32-29-41(35-55(46)59)62(40-27-25-39(61)26-28-40)42-30-33-47-45-31-24-38(34-54(45)60(3,4)56(47)36-42)57-49-18-7-9-20-51(49)58(52-21-10-8-19-50(52)57)48-22-13-15-37-14-5-6-16-43(37)48/h5-36H,1-4H3. The molecule has 0 amide bonds. The molecule has 2 aliphatic carbocycles. The topological polar surface area (TPSA) is 3.24 Å². The van der Waals surface area contributed by atoms with Crippen molar-refractivity contribution in [2.45, 2.75) is 38.5 Å². The van der Waals surface area contributed by atoms with Crippen LogP contribution in [-0.4, -0.2) is 0 Å². The summed E-state index contributed by atoms with van der Waals surface area (Å²) in [6, 6.07) is 69.8. The van der Waals surface area contributed by atoms with E-state index in [4.69, 9.17) is 0 Å². The minimum absolute atomic E-state index is 0.150. The van der Waals surface area contributed by atoms with Crippen LogP contribution in [0.15, 0.2) is 194 Å². The van der Waals surface area contributed by atoms with Crippen molar-refractivity contribution in [1.82, 2.24) is 0 Å². The van der Waals surface area contributed by atoms with Crippen LogP contribution in [0.5, 0.6) is 0 Å². The average molecular weight is 798 g/mol. The van der Waals surface area contributed by atoms with E-state index in [9.17, 15) is 4.39 Å². The van der Waals surface area contributed by atoms with E-state index >= 15 is 0 Å². The van der Waals surface area contributed by atoms with Gasteiger partial charge in [-0.3, -0.25) is 0 Å². The Morgan fingerprint density at radius 2 is 0.774 bits per heavy atom. The number of anilines is 3. The molecule has 10 aromatic rings. The van der Waals surface area contributed by atoms with Crippen LogP contribution in [0, 0.1) is 5.82 Å². The molecule has 0 bridgehead atoms. The van der Waals surface area contributed by atoms with Gasteiger partial charge < -0.3 is 4.90 Å². The summed E-state index contributed by atoms with van der Waals surface area (Å²) < 4.78 is 14.5. The number of halogens is 1. The van der Waals surface area contributed by atoms with Crippen molar-refractivity contribution >= 4 is 49.4 Å². The van der Waals surface area contributed by atoms with E-state index in [1.54, 1.807) is 12.1 Å². The summed E-state index contributed by atoms with van der Waals surface area (Å²) in [7, 11) is 0. The van der Waals surface area contributed by atoms with Gasteiger partial charge in [-0.05, 0) is 154 Å². The largest absolute Gasteiger partial charge is 0.310 e. The second-order valence-electron chi connectivity index (χ2n) is 18.2. The number of benzene rings is 10. The molecule has 2 heteroatoms. The van der Waals surface area contributed by atoms with E-state index in [0.29, 0.717) is 0 Å². The van der Waals surface area contributed by atoms with Crippen LogP contribution in [0.3, 0.4) is 0 Å². The molecule has 0 atom stereocenters. The Hall–Kier alpha value is -7.29. The molecular weight excluding hydrogens is 754 g/mol. The summed E-state index contributed by atoms with van der Waals surface area (Å²) in [6.07, 6.45) is 0. The Balaban J connectivity index is 1.00. The maximum absolute atomic E-state index is 14.5. The molecule has 0 aliphatic heterocycles. The van der Waals surface area contributed by atoms with Crippen molar-refractivity contribution in [3.05, 3.63) is 222 Å². The Bertz CT molecular complexity index is 3420. The summed E-state index contributed by atoms with van der Waals surface area (Å²) in [5.74, 6) is -0.246. The summed E-state index contributed by atoms with van der Waals surface area (Å²) in [5.41, 5.74) is 17.9. The quantitative estimate of drug-likeness (QED) is 0.157. The first-order chi connectivity index (χ1) is 30.2. The molecule has 0 unspecified atom stereocenters. The first-order valence-corrected chi connectivity index (χ1v) is 21.7. The van der Waals surface area contributed by atoms with Crippen LogP contribution in [-0.2, 0) is 10.8 Å². The van der Waals surface area contributed by atoms with Crippen LogP contribution in [0.2, 0.25) is 0 Å². The lowest BCUT2D eigenvalue weighted by atomic mass is 9.80. The molecule has 12 rings (SSSR count). The van der Waals surface area contributed by atoms with Gasteiger partial charge in [-0.1, -0.05) is 167 Å². The maximum atomic E-state index is 14.5. The highest BCUT2D eigenvalue weighted by atomic mass is 19.1.